The van der Waals surface area contributed by atoms with E-state index in [0.29, 0.717) is 16.5 Å². The molecule has 8 heteroatoms. The molecule has 0 spiro atoms. The predicted octanol–water partition coefficient (Wildman–Crippen LogP) is 3.92. The van der Waals surface area contributed by atoms with Crippen molar-refractivity contribution >= 4 is 40.5 Å². The van der Waals surface area contributed by atoms with E-state index in [1.54, 1.807) is 11.3 Å². The van der Waals surface area contributed by atoms with Crippen LogP contribution < -0.4 is 5.73 Å². The second-order valence-electron chi connectivity index (χ2n) is 4.89. The van der Waals surface area contributed by atoms with Crippen molar-refractivity contribution < 1.29 is 0 Å². The summed E-state index contributed by atoms with van der Waals surface area (Å²) in [6.45, 7) is 0. The fourth-order valence-corrected chi connectivity index (χ4v) is 3.72. The molecule has 1 aromatic carbocycles. The minimum absolute atomic E-state index is 0.205. The number of thioether (sulfide) groups is 1. The lowest BCUT2D eigenvalue weighted by Crippen LogP contribution is -1.98. The number of rotatable bonds is 5. The highest BCUT2D eigenvalue weighted by Gasteiger charge is 2.07. The summed E-state index contributed by atoms with van der Waals surface area (Å²) in [7, 11) is 0. The van der Waals surface area contributed by atoms with Gasteiger partial charge in [0.2, 0.25) is 0 Å². The molecule has 0 saturated heterocycles. The van der Waals surface area contributed by atoms with Crippen LogP contribution in [0.1, 0.15) is 21.8 Å². The van der Waals surface area contributed by atoms with Crippen LogP contribution in [0.5, 0.6) is 0 Å². The Labute approximate surface area is 152 Å². The van der Waals surface area contributed by atoms with E-state index in [1.165, 1.54) is 23.5 Å². The molecule has 0 aliphatic heterocycles. The number of nitrogens with zero attached hydrogens (tertiary/aromatic N) is 4. The first kappa shape index (κ1) is 16.7. The molecule has 3 rings (SSSR count). The van der Waals surface area contributed by atoms with Gasteiger partial charge in [0.1, 0.15) is 17.5 Å². The van der Waals surface area contributed by atoms with Gasteiger partial charge < -0.3 is 5.73 Å². The molecule has 120 valence electrons. The van der Waals surface area contributed by atoms with Crippen molar-refractivity contribution in [1.29, 1.82) is 5.26 Å². The highest BCUT2D eigenvalue weighted by molar-refractivity contribution is 7.98. The van der Waals surface area contributed by atoms with Crippen LogP contribution in [0.3, 0.4) is 0 Å². The lowest BCUT2D eigenvalue weighted by atomic mass is 10.2. The summed E-state index contributed by atoms with van der Waals surface area (Å²) in [6.07, 6.45) is 2.23. The molecule has 0 aliphatic carbocycles. The largest absolute Gasteiger partial charge is 0.382 e. The van der Waals surface area contributed by atoms with Crippen LogP contribution >= 0.6 is 34.7 Å². The van der Waals surface area contributed by atoms with Crippen LogP contribution in [0.4, 0.5) is 5.82 Å². The van der Waals surface area contributed by atoms with Gasteiger partial charge in [0.25, 0.3) is 0 Å². The Morgan fingerprint density at radius 2 is 2.04 bits per heavy atom. The number of halogens is 1. The molecule has 2 aromatic heterocycles. The average molecular weight is 374 g/mol. The zero-order chi connectivity index (χ0) is 16.9. The Bertz CT molecular complexity index is 886. The maximum absolute atomic E-state index is 8.82. The van der Waals surface area contributed by atoms with E-state index >= 15 is 0 Å². The van der Waals surface area contributed by atoms with Gasteiger partial charge in [-0.3, -0.25) is 0 Å². The maximum atomic E-state index is 8.82. The average Bonchev–Trinajstić information content (AvgIpc) is 3.03. The van der Waals surface area contributed by atoms with Crippen LogP contribution in [-0.4, -0.2) is 15.0 Å². The van der Waals surface area contributed by atoms with E-state index in [9.17, 15) is 0 Å². The van der Waals surface area contributed by atoms with Crippen LogP contribution in [0.25, 0.3) is 0 Å². The first-order valence-electron chi connectivity index (χ1n) is 6.97. The van der Waals surface area contributed by atoms with Gasteiger partial charge in [0.05, 0.1) is 16.9 Å². The quantitative estimate of drug-likeness (QED) is 0.538. The van der Waals surface area contributed by atoms with Gasteiger partial charge in [0, 0.05) is 22.6 Å². The Balaban J connectivity index is 1.61. The van der Waals surface area contributed by atoms with Crippen LogP contribution in [0.15, 0.2) is 41.0 Å². The molecular weight excluding hydrogens is 362 g/mol. The summed E-state index contributed by atoms with van der Waals surface area (Å²) in [5.74, 6) is 0.860. The lowest BCUT2D eigenvalue weighted by Gasteiger charge is -2.00. The maximum Gasteiger partial charge on any atom is 0.189 e. The van der Waals surface area contributed by atoms with Gasteiger partial charge >= 0.3 is 0 Å². The molecule has 3 aromatic rings. The number of aromatic nitrogens is 3. The number of nitrogen functional groups attached to an aromatic ring is 1. The smallest absolute Gasteiger partial charge is 0.189 e. The molecule has 0 bridgehead atoms. The number of hydrogen-bond acceptors (Lipinski definition) is 7. The molecule has 0 saturated carbocycles. The summed E-state index contributed by atoms with van der Waals surface area (Å²) >= 11 is 8.96. The molecule has 0 radical (unpaired) electrons. The SMILES string of the molecule is N#Cc1cnc(SCc2csc(Cc3ccc(Cl)cc3)n2)nc1N. The number of nitrogens with two attached hydrogens (primary N) is 1. The third-order valence-corrected chi connectivity index (χ3v) is 5.18. The topological polar surface area (TPSA) is 88.5 Å². The number of benzene rings is 1. The normalized spacial score (nSPS) is 10.5. The Kier molecular flexibility index (Phi) is 5.30. The molecule has 24 heavy (non-hydrogen) atoms. The first-order chi connectivity index (χ1) is 11.6. The Hall–Kier alpha value is -2.14. The second-order valence-corrected chi connectivity index (χ2v) is 7.21. The number of anilines is 1. The molecule has 2 N–H and O–H groups in total. The van der Waals surface area contributed by atoms with Crippen molar-refractivity contribution in [2.24, 2.45) is 0 Å². The number of hydrogen-bond donors (Lipinski definition) is 1. The van der Waals surface area contributed by atoms with Crippen molar-refractivity contribution in [1.82, 2.24) is 15.0 Å². The molecule has 2 heterocycles. The monoisotopic (exact) mass is 373 g/mol. The first-order valence-corrected chi connectivity index (χ1v) is 9.21. The van der Waals surface area contributed by atoms with Crippen molar-refractivity contribution in [3.8, 4) is 6.07 Å². The summed E-state index contributed by atoms with van der Waals surface area (Å²) in [6, 6.07) is 9.72. The van der Waals surface area contributed by atoms with Gasteiger partial charge in [-0.2, -0.15) is 5.26 Å². The van der Waals surface area contributed by atoms with E-state index in [2.05, 4.69) is 15.0 Å². The third-order valence-electron chi connectivity index (χ3n) is 3.13. The summed E-state index contributed by atoms with van der Waals surface area (Å²) in [4.78, 5) is 12.9. The second kappa shape index (κ2) is 7.62. The van der Waals surface area contributed by atoms with Crippen molar-refractivity contribution in [3.05, 3.63) is 62.7 Å². The van der Waals surface area contributed by atoms with E-state index in [0.717, 1.165) is 22.1 Å². The molecule has 0 fully saturated rings. The standard InChI is InChI=1S/C16H12ClN5S2/c17-12-3-1-10(2-4-12)5-14-21-13(8-23-14)9-24-16-20-7-11(6-18)15(19)22-16/h1-4,7-8H,5,9H2,(H2,19,20,22). The predicted molar refractivity (Wildman–Crippen MR) is 97.1 cm³/mol. The summed E-state index contributed by atoms with van der Waals surface area (Å²) in [5.41, 5.74) is 8.13. The summed E-state index contributed by atoms with van der Waals surface area (Å²) < 4.78 is 0. The number of nitriles is 1. The van der Waals surface area contributed by atoms with E-state index in [-0.39, 0.29) is 5.82 Å². The molecule has 0 aliphatic rings. The number of thiazole rings is 1. The molecule has 0 unspecified atom stereocenters. The molecular formula is C16H12ClN5S2. The van der Waals surface area contributed by atoms with Crippen LogP contribution in [0, 0.1) is 11.3 Å². The van der Waals surface area contributed by atoms with Crippen molar-refractivity contribution in [2.45, 2.75) is 17.3 Å². The van der Waals surface area contributed by atoms with E-state index < -0.39 is 0 Å². The molecule has 0 atom stereocenters. The third kappa shape index (κ3) is 4.23. The highest BCUT2D eigenvalue weighted by atomic mass is 35.5. The molecule has 0 amide bonds. The van der Waals surface area contributed by atoms with E-state index in [1.807, 2.05) is 35.7 Å². The molecule has 5 nitrogen and oxygen atoms in total. The van der Waals surface area contributed by atoms with Crippen molar-refractivity contribution in [2.75, 3.05) is 5.73 Å². The van der Waals surface area contributed by atoms with Gasteiger partial charge in [-0.1, -0.05) is 35.5 Å². The fraction of sp³-hybridized carbons (Fsp3) is 0.125. The van der Waals surface area contributed by atoms with Crippen LogP contribution in [-0.2, 0) is 12.2 Å². The highest BCUT2D eigenvalue weighted by Crippen LogP contribution is 2.23. The van der Waals surface area contributed by atoms with Crippen LogP contribution in [0.2, 0.25) is 5.02 Å². The van der Waals surface area contributed by atoms with E-state index in [4.69, 9.17) is 22.6 Å². The van der Waals surface area contributed by atoms with Gasteiger partial charge in [0.15, 0.2) is 5.16 Å². The Morgan fingerprint density at radius 3 is 2.75 bits per heavy atom. The zero-order valence-electron chi connectivity index (χ0n) is 12.4. The van der Waals surface area contributed by atoms with Gasteiger partial charge in [-0.15, -0.1) is 11.3 Å². The zero-order valence-corrected chi connectivity index (χ0v) is 14.8. The lowest BCUT2D eigenvalue weighted by molar-refractivity contribution is 0.967. The summed E-state index contributed by atoms with van der Waals surface area (Å²) in [5, 5.41) is 13.2. The van der Waals surface area contributed by atoms with Gasteiger partial charge in [-0.05, 0) is 17.7 Å². The van der Waals surface area contributed by atoms with Crippen molar-refractivity contribution in [3.63, 3.8) is 0 Å². The Morgan fingerprint density at radius 1 is 1.25 bits per heavy atom. The van der Waals surface area contributed by atoms with Gasteiger partial charge in [-0.25, -0.2) is 15.0 Å². The minimum Gasteiger partial charge on any atom is -0.382 e. The minimum atomic E-state index is 0.205. The fourth-order valence-electron chi connectivity index (χ4n) is 1.95.